The molecular weight excluding hydrogens is 346 g/mol. The van der Waals surface area contributed by atoms with Crippen LogP contribution in [0.2, 0.25) is 5.02 Å². The quantitative estimate of drug-likeness (QED) is 0.685. The fourth-order valence-corrected chi connectivity index (χ4v) is 3.57. The van der Waals surface area contributed by atoms with Gasteiger partial charge in [0.25, 0.3) is 0 Å². The fourth-order valence-electron chi connectivity index (χ4n) is 3.36. The van der Waals surface area contributed by atoms with Crippen LogP contribution < -0.4 is 4.90 Å². The van der Waals surface area contributed by atoms with E-state index in [1.807, 2.05) is 24.5 Å². The van der Waals surface area contributed by atoms with Gasteiger partial charge in [0.05, 0.1) is 12.9 Å². The molecule has 0 radical (unpaired) electrons. The normalized spacial score (nSPS) is 15.2. The molecule has 5 nitrogen and oxygen atoms in total. The lowest BCUT2D eigenvalue weighted by Crippen LogP contribution is -2.23. The summed E-state index contributed by atoms with van der Waals surface area (Å²) in [6.07, 6.45) is 4.28. The van der Waals surface area contributed by atoms with Crippen molar-refractivity contribution in [3.05, 3.63) is 47.0 Å². The number of nitrogens with zero attached hydrogens (tertiary/aromatic N) is 5. The maximum absolute atomic E-state index is 6.14. The predicted octanol–water partition coefficient (Wildman–Crippen LogP) is 4.43. The van der Waals surface area contributed by atoms with Gasteiger partial charge in [-0.25, -0.2) is 15.0 Å². The molecule has 0 N–H and O–H groups in total. The minimum absolute atomic E-state index is 0.117. The monoisotopic (exact) mass is 369 g/mol. The first kappa shape index (κ1) is 17.3. The third-order valence-corrected chi connectivity index (χ3v) is 5.00. The smallest absolute Gasteiger partial charge is 0.166 e. The van der Waals surface area contributed by atoms with Crippen molar-refractivity contribution in [1.82, 2.24) is 19.5 Å². The van der Waals surface area contributed by atoms with Crippen molar-refractivity contribution in [3.63, 3.8) is 0 Å². The van der Waals surface area contributed by atoms with Crippen LogP contribution in [0, 0.1) is 0 Å². The average molecular weight is 370 g/mol. The highest BCUT2D eigenvalue weighted by molar-refractivity contribution is 6.30. The number of benzene rings is 1. The third-order valence-electron chi connectivity index (χ3n) is 4.76. The third kappa shape index (κ3) is 3.28. The summed E-state index contributed by atoms with van der Waals surface area (Å²) < 4.78 is 2.09. The summed E-state index contributed by atoms with van der Waals surface area (Å²) in [7, 11) is 0. The van der Waals surface area contributed by atoms with E-state index in [2.05, 4.69) is 41.3 Å². The minimum Gasteiger partial charge on any atom is -0.355 e. The largest absolute Gasteiger partial charge is 0.355 e. The van der Waals surface area contributed by atoms with Gasteiger partial charge in [0.1, 0.15) is 5.82 Å². The molecule has 0 atom stereocenters. The number of fused-ring (bicyclic) bond motifs is 1. The summed E-state index contributed by atoms with van der Waals surface area (Å²) in [5.41, 5.74) is 2.80. The van der Waals surface area contributed by atoms with Gasteiger partial charge in [0.2, 0.25) is 0 Å². The average Bonchev–Trinajstić information content (AvgIpc) is 3.23. The lowest BCUT2D eigenvalue weighted by Gasteiger charge is -2.22. The van der Waals surface area contributed by atoms with Gasteiger partial charge in [-0.1, -0.05) is 44.5 Å². The molecule has 3 aromatic rings. The van der Waals surface area contributed by atoms with Crippen molar-refractivity contribution in [1.29, 1.82) is 0 Å². The molecule has 0 bridgehead atoms. The maximum Gasteiger partial charge on any atom is 0.166 e. The lowest BCUT2D eigenvalue weighted by atomic mass is 9.96. The Bertz CT molecular complexity index is 935. The van der Waals surface area contributed by atoms with Crippen molar-refractivity contribution in [2.75, 3.05) is 18.0 Å². The van der Waals surface area contributed by atoms with E-state index < -0.39 is 0 Å². The van der Waals surface area contributed by atoms with Crippen molar-refractivity contribution in [3.8, 4) is 0 Å². The van der Waals surface area contributed by atoms with E-state index in [0.29, 0.717) is 6.54 Å². The summed E-state index contributed by atoms with van der Waals surface area (Å²) >= 11 is 6.14. The highest BCUT2D eigenvalue weighted by atomic mass is 35.5. The van der Waals surface area contributed by atoms with Crippen LogP contribution in [-0.2, 0) is 12.0 Å². The number of hydrogen-bond donors (Lipinski definition) is 0. The highest BCUT2D eigenvalue weighted by Gasteiger charge is 2.25. The van der Waals surface area contributed by atoms with Gasteiger partial charge in [-0.2, -0.15) is 0 Å². The molecule has 0 saturated carbocycles. The Balaban J connectivity index is 1.83. The van der Waals surface area contributed by atoms with Crippen molar-refractivity contribution < 1.29 is 0 Å². The molecule has 1 saturated heterocycles. The number of hydrogen-bond acceptors (Lipinski definition) is 4. The zero-order valence-electron chi connectivity index (χ0n) is 15.5. The highest BCUT2D eigenvalue weighted by Crippen LogP contribution is 2.30. The zero-order chi connectivity index (χ0) is 18.3. The first-order valence-electron chi connectivity index (χ1n) is 9.14. The van der Waals surface area contributed by atoms with Gasteiger partial charge in [-0.15, -0.1) is 0 Å². The topological polar surface area (TPSA) is 46.8 Å². The zero-order valence-corrected chi connectivity index (χ0v) is 16.3. The molecule has 0 amide bonds. The SMILES string of the molecule is CC(C)(C)c1nc(N2CCCC2)c2ncn(Cc3cccc(Cl)c3)c2n1. The minimum atomic E-state index is -0.117. The first-order valence-corrected chi connectivity index (χ1v) is 9.52. The van der Waals surface area contributed by atoms with E-state index in [4.69, 9.17) is 21.6 Å². The molecule has 6 heteroatoms. The van der Waals surface area contributed by atoms with E-state index in [9.17, 15) is 0 Å². The number of anilines is 1. The summed E-state index contributed by atoms with van der Waals surface area (Å²) in [4.78, 5) is 16.8. The van der Waals surface area contributed by atoms with Gasteiger partial charge in [0, 0.05) is 23.5 Å². The lowest BCUT2D eigenvalue weighted by molar-refractivity contribution is 0.546. The molecule has 4 rings (SSSR count). The van der Waals surface area contributed by atoms with Crippen molar-refractivity contribution in [2.45, 2.75) is 45.6 Å². The molecule has 136 valence electrons. The van der Waals surface area contributed by atoms with E-state index in [1.54, 1.807) is 0 Å². The number of imidazole rings is 1. The summed E-state index contributed by atoms with van der Waals surface area (Å²) in [6.45, 7) is 9.23. The van der Waals surface area contributed by atoms with Gasteiger partial charge in [0.15, 0.2) is 17.0 Å². The molecule has 0 aliphatic carbocycles. The van der Waals surface area contributed by atoms with Crippen molar-refractivity contribution >= 4 is 28.6 Å². The maximum atomic E-state index is 6.14. The van der Waals surface area contributed by atoms with E-state index >= 15 is 0 Å². The van der Waals surface area contributed by atoms with Crippen molar-refractivity contribution in [2.24, 2.45) is 0 Å². The molecule has 1 aliphatic heterocycles. The number of rotatable bonds is 3. The van der Waals surface area contributed by atoms with Crippen LogP contribution in [-0.4, -0.2) is 32.6 Å². The Morgan fingerprint density at radius 3 is 2.58 bits per heavy atom. The van der Waals surface area contributed by atoms with E-state index in [1.165, 1.54) is 12.8 Å². The van der Waals surface area contributed by atoms with Crippen LogP contribution in [0.3, 0.4) is 0 Å². The van der Waals surface area contributed by atoms with Crippen LogP contribution in [0.25, 0.3) is 11.2 Å². The fraction of sp³-hybridized carbons (Fsp3) is 0.450. The second kappa shape index (κ2) is 6.54. The number of aromatic nitrogens is 4. The van der Waals surface area contributed by atoms with Gasteiger partial charge in [-0.3, -0.25) is 0 Å². The second-order valence-corrected chi connectivity index (χ2v) is 8.43. The van der Waals surface area contributed by atoms with Crippen LogP contribution in [0.1, 0.15) is 45.0 Å². The standard InChI is InChI=1S/C20H24ClN5/c1-20(2,3)19-23-17(25-9-4-5-10-25)16-18(24-19)26(13-22-16)12-14-7-6-8-15(21)11-14/h6-8,11,13H,4-5,9-10,12H2,1-3H3. The number of halogens is 1. The van der Waals surface area contributed by atoms with Gasteiger partial charge in [-0.05, 0) is 30.5 Å². The Labute approximate surface area is 159 Å². The summed E-state index contributed by atoms with van der Waals surface area (Å²) in [5.74, 6) is 1.84. The molecule has 1 fully saturated rings. The van der Waals surface area contributed by atoms with Gasteiger partial charge < -0.3 is 9.47 Å². The Kier molecular flexibility index (Phi) is 4.35. The second-order valence-electron chi connectivity index (χ2n) is 7.99. The summed E-state index contributed by atoms with van der Waals surface area (Å²) in [6, 6.07) is 7.93. The Morgan fingerprint density at radius 2 is 1.88 bits per heavy atom. The predicted molar refractivity (Wildman–Crippen MR) is 106 cm³/mol. The first-order chi connectivity index (χ1) is 12.4. The molecule has 3 heterocycles. The molecular formula is C20H24ClN5. The molecule has 0 spiro atoms. The molecule has 26 heavy (non-hydrogen) atoms. The van der Waals surface area contributed by atoms with Gasteiger partial charge >= 0.3 is 0 Å². The van der Waals surface area contributed by atoms with Crippen LogP contribution in [0.4, 0.5) is 5.82 Å². The van der Waals surface area contributed by atoms with Crippen LogP contribution >= 0.6 is 11.6 Å². The molecule has 2 aromatic heterocycles. The summed E-state index contributed by atoms with van der Waals surface area (Å²) in [5, 5.41) is 0.745. The van der Waals surface area contributed by atoms with E-state index in [-0.39, 0.29) is 5.41 Å². The molecule has 1 aliphatic rings. The van der Waals surface area contributed by atoms with Crippen LogP contribution in [0.5, 0.6) is 0 Å². The molecule has 0 unspecified atom stereocenters. The molecule has 1 aromatic carbocycles. The Morgan fingerprint density at radius 1 is 1.12 bits per heavy atom. The van der Waals surface area contributed by atoms with Crippen LogP contribution in [0.15, 0.2) is 30.6 Å². The van der Waals surface area contributed by atoms with E-state index in [0.717, 1.165) is 46.5 Å². The Hall–Kier alpha value is -2.14.